The quantitative estimate of drug-likeness (QED) is 0.780. The van der Waals surface area contributed by atoms with Gasteiger partial charge in [0, 0.05) is 13.2 Å². The van der Waals surface area contributed by atoms with Crippen LogP contribution in [0.1, 0.15) is 44.2 Å². The van der Waals surface area contributed by atoms with E-state index in [1.807, 2.05) is 7.05 Å². The number of nitrogens with one attached hydrogen (secondary N) is 1. The van der Waals surface area contributed by atoms with Crippen molar-refractivity contribution < 1.29 is 9.47 Å². The lowest BCUT2D eigenvalue weighted by Crippen LogP contribution is -2.18. The fourth-order valence-corrected chi connectivity index (χ4v) is 2.15. The molecule has 1 aromatic rings. The average Bonchev–Trinajstić information content (AvgIpc) is 3.24. The van der Waals surface area contributed by atoms with Crippen molar-refractivity contribution in [3.8, 4) is 5.75 Å². The maximum atomic E-state index is 5.77. The van der Waals surface area contributed by atoms with Gasteiger partial charge in [0.05, 0.1) is 12.2 Å². The van der Waals surface area contributed by atoms with E-state index >= 15 is 0 Å². The Morgan fingerprint density at radius 1 is 1.21 bits per heavy atom. The largest absolute Gasteiger partial charge is 0.490 e. The summed E-state index contributed by atoms with van der Waals surface area (Å²) in [5.74, 6) is 0.992. The van der Waals surface area contributed by atoms with Gasteiger partial charge in [0.15, 0.2) is 0 Å². The van der Waals surface area contributed by atoms with Crippen molar-refractivity contribution in [2.24, 2.45) is 0 Å². The number of hydrogen-bond acceptors (Lipinski definition) is 3. The lowest BCUT2D eigenvalue weighted by Gasteiger charge is -2.19. The molecule has 2 atom stereocenters. The van der Waals surface area contributed by atoms with Gasteiger partial charge >= 0.3 is 0 Å². The van der Waals surface area contributed by atoms with Crippen molar-refractivity contribution in [3.63, 3.8) is 0 Å². The van der Waals surface area contributed by atoms with Gasteiger partial charge in [0.1, 0.15) is 5.75 Å². The van der Waals surface area contributed by atoms with Gasteiger partial charge in [-0.05, 0) is 57.4 Å². The number of ether oxygens (including phenoxy) is 2. The summed E-state index contributed by atoms with van der Waals surface area (Å²) in [6.45, 7) is 2.11. The van der Waals surface area contributed by atoms with E-state index in [2.05, 4.69) is 36.5 Å². The number of hydrogen-bond donors (Lipinski definition) is 1. The molecule has 2 unspecified atom stereocenters. The first-order valence-electron chi connectivity index (χ1n) is 7.19. The van der Waals surface area contributed by atoms with E-state index in [9.17, 15) is 0 Å². The van der Waals surface area contributed by atoms with Crippen molar-refractivity contribution in [2.75, 3.05) is 14.2 Å². The highest BCUT2D eigenvalue weighted by Crippen LogP contribution is 2.28. The maximum Gasteiger partial charge on any atom is 0.119 e. The van der Waals surface area contributed by atoms with Crippen molar-refractivity contribution in [3.05, 3.63) is 29.8 Å². The zero-order valence-corrected chi connectivity index (χ0v) is 12.2. The minimum atomic E-state index is 0.313. The van der Waals surface area contributed by atoms with Crippen LogP contribution in [0.5, 0.6) is 5.75 Å². The molecule has 1 aliphatic carbocycles. The third-order valence-corrected chi connectivity index (χ3v) is 3.72. The smallest absolute Gasteiger partial charge is 0.119 e. The summed E-state index contributed by atoms with van der Waals surface area (Å²) >= 11 is 0. The Hall–Kier alpha value is -1.06. The molecule has 0 saturated heterocycles. The van der Waals surface area contributed by atoms with Gasteiger partial charge in [-0.25, -0.2) is 0 Å². The normalized spacial score (nSPS) is 18.1. The Morgan fingerprint density at radius 2 is 1.89 bits per heavy atom. The molecule has 0 aliphatic heterocycles. The molecular weight excluding hydrogens is 238 g/mol. The third-order valence-electron chi connectivity index (χ3n) is 3.72. The lowest BCUT2D eigenvalue weighted by molar-refractivity contribution is 0.106. The summed E-state index contributed by atoms with van der Waals surface area (Å²) in [4.78, 5) is 0. The molecule has 3 heteroatoms. The predicted molar refractivity (Wildman–Crippen MR) is 77.6 cm³/mol. The Labute approximate surface area is 116 Å². The Bertz CT molecular complexity index is 373. The average molecular weight is 263 g/mol. The standard InChI is InChI=1S/C16H25NO2/c1-12(18-3)4-11-16(17-2)13-5-7-14(8-6-13)19-15-9-10-15/h5-8,12,15-17H,4,9-11H2,1-3H3. The van der Waals surface area contributed by atoms with Crippen LogP contribution in [-0.2, 0) is 4.74 Å². The molecule has 1 aromatic carbocycles. The molecule has 0 spiro atoms. The lowest BCUT2D eigenvalue weighted by atomic mass is 10.0. The van der Waals surface area contributed by atoms with Crippen molar-refractivity contribution in [1.82, 2.24) is 5.32 Å². The Kier molecular flexibility index (Phi) is 5.23. The van der Waals surface area contributed by atoms with Gasteiger partial charge in [-0.1, -0.05) is 12.1 Å². The summed E-state index contributed by atoms with van der Waals surface area (Å²) in [7, 11) is 3.78. The molecule has 106 valence electrons. The van der Waals surface area contributed by atoms with E-state index in [0.717, 1.165) is 18.6 Å². The molecule has 1 fully saturated rings. The highest BCUT2D eigenvalue weighted by Gasteiger charge is 2.23. The molecule has 1 N–H and O–H groups in total. The second kappa shape index (κ2) is 6.92. The van der Waals surface area contributed by atoms with Crippen molar-refractivity contribution in [1.29, 1.82) is 0 Å². The molecule has 0 aromatic heterocycles. The molecule has 2 rings (SSSR count). The van der Waals surface area contributed by atoms with E-state index in [4.69, 9.17) is 9.47 Å². The molecule has 0 heterocycles. The van der Waals surface area contributed by atoms with Crippen molar-refractivity contribution >= 4 is 0 Å². The van der Waals surface area contributed by atoms with Gasteiger partial charge in [-0.15, -0.1) is 0 Å². The van der Waals surface area contributed by atoms with Crippen LogP contribution in [-0.4, -0.2) is 26.4 Å². The minimum absolute atomic E-state index is 0.313. The van der Waals surface area contributed by atoms with Gasteiger partial charge < -0.3 is 14.8 Å². The molecule has 1 saturated carbocycles. The summed E-state index contributed by atoms with van der Waals surface area (Å²) in [5, 5.41) is 3.37. The summed E-state index contributed by atoms with van der Waals surface area (Å²) in [6, 6.07) is 8.87. The zero-order chi connectivity index (χ0) is 13.7. The summed E-state index contributed by atoms with van der Waals surface area (Å²) < 4.78 is 11.1. The van der Waals surface area contributed by atoms with E-state index in [0.29, 0.717) is 18.2 Å². The maximum absolute atomic E-state index is 5.77. The molecule has 1 aliphatic rings. The van der Waals surface area contributed by atoms with E-state index in [1.54, 1.807) is 7.11 Å². The first kappa shape index (κ1) is 14.4. The van der Waals surface area contributed by atoms with Gasteiger partial charge in [-0.3, -0.25) is 0 Å². The van der Waals surface area contributed by atoms with Crippen LogP contribution >= 0.6 is 0 Å². The van der Waals surface area contributed by atoms with Crippen LogP contribution in [0.2, 0.25) is 0 Å². The third kappa shape index (κ3) is 4.51. The summed E-state index contributed by atoms with van der Waals surface area (Å²) in [6.07, 6.45) is 5.32. The zero-order valence-electron chi connectivity index (χ0n) is 12.2. The second-order valence-electron chi connectivity index (χ2n) is 5.35. The molecule has 0 radical (unpaired) electrons. The van der Waals surface area contributed by atoms with E-state index in [-0.39, 0.29) is 0 Å². The first-order chi connectivity index (χ1) is 9.22. The van der Waals surface area contributed by atoms with Crippen LogP contribution in [0.3, 0.4) is 0 Å². The van der Waals surface area contributed by atoms with Gasteiger partial charge in [0.25, 0.3) is 0 Å². The molecule has 19 heavy (non-hydrogen) atoms. The van der Waals surface area contributed by atoms with Gasteiger partial charge in [-0.2, -0.15) is 0 Å². The SMILES string of the molecule is CNC(CCC(C)OC)c1ccc(OC2CC2)cc1. The fourth-order valence-electron chi connectivity index (χ4n) is 2.15. The Balaban J connectivity index is 1.89. The molecule has 3 nitrogen and oxygen atoms in total. The highest BCUT2D eigenvalue weighted by molar-refractivity contribution is 5.29. The van der Waals surface area contributed by atoms with E-state index in [1.165, 1.54) is 18.4 Å². The van der Waals surface area contributed by atoms with Crippen LogP contribution < -0.4 is 10.1 Å². The van der Waals surface area contributed by atoms with Gasteiger partial charge in [0.2, 0.25) is 0 Å². The minimum Gasteiger partial charge on any atom is -0.490 e. The number of methoxy groups -OCH3 is 1. The van der Waals surface area contributed by atoms with Crippen LogP contribution in [0.15, 0.2) is 24.3 Å². The Morgan fingerprint density at radius 3 is 2.42 bits per heavy atom. The fraction of sp³-hybridized carbons (Fsp3) is 0.625. The predicted octanol–water partition coefficient (Wildman–Crippen LogP) is 3.30. The van der Waals surface area contributed by atoms with Crippen LogP contribution in [0.25, 0.3) is 0 Å². The second-order valence-corrected chi connectivity index (χ2v) is 5.35. The topological polar surface area (TPSA) is 30.5 Å². The number of benzene rings is 1. The molecule has 0 amide bonds. The van der Waals surface area contributed by atoms with Crippen LogP contribution in [0.4, 0.5) is 0 Å². The van der Waals surface area contributed by atoms with Crippen LogP contribution in [0, 0.1) is 0 Å². The molecule has 0 bridgehead atoms. The number of rotatable bonds is 8. The molecular formula is C16H25NO2. The van der Waals surface area contributed by atoms with E-state index < -0.39 is 0 Å². The first-order valence-corrected chi connectivity index (χ1v) is 7.19. The highest BCUT2D eigenvalue weighted by atomic mass is 16.5. The summed E-state index contributed by atoms with van der Waals surface area (Å²) in [5.41, 5.74) is 1.31. The monoisotopic (exact) mass is 263 g/mol. The van der Waals surface area contributed by atoms with Crippen molar-refractivity contribution in [2.45, 2.75) is 50.9 Å².